The van der Waals surface area contributed by atoms with E-state index in [1.165, 1.54) is 55.6 Å². The van der Waals surface area contributed by atoms with E-state index in [4.69, 9.17) is 4.42 Å². The summed E-state index contributed by atoms with van der Waals surface area (Å²) in [5.41, 5.74) is 15.3. The van der Waals surface area contributed by atoms with Crippen LogP contribution in [-0.2, 0) is 5.41 Å². The smallest absolute Gasteiger partial charge is 0.143 e. The van der Waals surface area contributed by atoms with Crippen LogP contribution in [-0.4, -0.2) is 0 Å². The maximum absolute atomic E-state index is 6.42. The van der Waals surface area contributed by atoms with E-state index < -0.39 is 0 Å². The number of nitrogens with zero attached hydrogens (tertiary/aromatic N) is 1. The summed E-state index contributed by atoms with van der Waals surface area (Å²) in [6.45, 7) is 4.70. The molecule has 0 amide bonds. The molecule has 1 aromatic heterocycles. The highest BCUT2D eigenvalue weighted by Crippen LogP contribution is 2.54. The van der Waals surface area contributed by atoms with Crippen LogP contribution in [0.3, 0.4) is 0 Å². The summed E-state index contributed by atoms with van der Waals surface area (Å²) in [7, 11) is 0. The first-order valence-corrected chi connectivity index (χ1v) is 17.7. The molecule has 0 atom stereocenters. The summed E-state index contributed by atoms with van der Waals surface area (Å²) in [4.78, 5) is 2.44. The molecule has 1 heterocycles. The van der Waals surface area contributed by atoms with Gasteiger partial charge in [0.05, 0.1) is 5.69 Å². The number of benzene rings is 8. The largest absolute Gasteiger partial charge is 0.455 e. The highest BCUT2D eigenvalue weighted by atomic mass is 16.3. The molecule has 242 valence electrons. The second-order valence-electron chi connectivity index (χ2n) is 14.1. The Bertz CT molecular complexity index is 2770. The molecular formula is C49H35NO. The van der Waals surface area contributed by atoms with Crippen molar-refractivity contribution in [2.24, 2.45) is 0 Å². The van der Waals surface area contributed by atoms with E-state index in [1.54, 1.807) is 0 Å². The minimum atomic E-state index is -0.0969. The van der Waals surface area contributed by atoms with E-state index in [0.29, 0.717) is 0 Å². The number of furan rings is 1. The molecule has 0 N–H and O–H groups in total. The molecular weight excluding hydrogens is 619 g/mol. The molecule has 10 rings (SSSR count). The molecule has 0 radical (unpaired) electrons. The molecule has 0 aliphatic heterocycles. The quantitative estimate of drug-likeness (QED) is 0.184. The Labute approximate surface area is 297 Å². The normalized spacial score (nSPS) is 13.1. The first-order valence-electron chi connectivity index (χ1n) is 17.7. The number of rotatable bonds is 5. The number of para-hydroxylation sites is 1. The third-order valence-corrected chi connectivity index (χ3v) is 10.9. The molecule has 8 aromatic carbocycles. The van der Waals surface area contributed by atoms with Crippen molar-refractivity contribution in [3.8, 4) is 33.4 Å². The van der Waals surface area contributed by atoms with Crippen molar-refractivity contribution < 1.29 is 4.42 Å². The molecule has 2 heteroatoms. The van der Waals surface area contributed by atoms with Gasteiger partial charge in [0.1, 0.15) is 11.2 Å². The zero-order valence-corrected chi connectivity index (χ0v) is 28.6. The molecule has 0 fully saturated rings. The molecule has 0 saturated carbocycles. The van der Waals surface area contributed by atoms with Crippen LogP contribution in [0.5, 0.6) is 0 Å². The van der Waals surface area contributed by atoms with Gasteiger partial charge >= 0.3 is 0 Å². The number of anilines is 3. The lowest BCUT2D eigenvalue weighted by molar-refractivity contribution is 0.660. The van der Waals surface area contributed by atoms with E-state index in [1.807, 2.05) is 6.07 Å². The second-order valence-corrected chi connectivity index (χ2v) is 14.1. The number of fused-ring (bicyclic) bond motifs is 8. The van der Waals surface area contributed by atoms with Crippen molar-refractivity contribution in [1.29, 1.82) is 0 Å². The van der Waals surface area contributed by atoms with Crippen LogP contribution in [0.15, 0.2) is 180 Å². The van der Waals surface area contributed by atoms with Gasteiger partial charge in [-0.25, -0.2) is 0 Å². The van der Waals surface area contributed by atoms with Crippen LogP contribution in [0.4, 0.5) is 17.1 Å². The summed E-state index contributed by atoms with van der Waals surface area (Å²) >= 11 is 0. The molecule has 1 aliphatic carbocycles. The van der Waals surface area contributed by atoms with Gasteiger partial charge in [-0.3, -0.25) is 0 Å². The summed E-state index contributed by atoms with van der Waals surface area (Å²) in [5.74, 6) is 0. The monoisotopic (exact) mass is 653 g/mol. The van der Waals surface area contributed by atoms with Crippen molar-refractivity contribution in [3.05, 3.63) is 187 Å². The van der Waals surface area contributed by atoms with Crippen LogP contribution in [0.25, 0.3) is 66.1 Å². The van der Waals surface area contributed by atoms with Gasteiger partial charge in [0.2, 0.25) is 0 Å². The fraction of sp³-hybridized carbons (Fsp3) is 0.0612. The number of hydrogen-bond donors (Lipinski definition) is 0. The summed E-state index contributed by atoms with van der Waals surface area (Å²) in [6, 6.07) is 63.7. The molecule has 0 spiro atoms. The van der Waals surface area contributed by atoms with Crippen molar-refractivity contribution in [1.82, 2.24) is 0 Å². The van der Waals surface area contributed by atoms with Gasteiger partial charge in [-0.1, -0.05) is 147 Å². The predicted octanol–water partition coefficient (Wildman–Crippen LogP) is 13.8. The molecule has 9 aromatic rings. The molecule has 0 unspecified atom stereocenters. The zero-order chi connectivity index (χ0) is 34.1. The van der Waals surface area contributed by atoms with E-state index in [9.17, 15) is 0 Å². The van der Waals surface area contributed by atoms with E-state index in [2.05, 4.69) is 189 Å². The minimum absolute atomic E-state index is 0.0969. The third kappa shape index (κ3) is 4.57. The minimum Gasteiger partial charge on any atom is -0.455 e. The van der Waals surface area contributed by atoms with E-state index >= 15 is 0 Å². The van der Waals surface area contributed by atoms with E-state index in [-0.39, 0.29) is 5.41 Å². The topological polar surface area (TPSA) is 16.4 Å². The first kappa shape index (κ1) is 29.5. The molecule has 1 aliphatic rings. The average molecular weight is 654 g/mol. The fourth-order valence-corrected chi connectivity index (χ4v) is 8.38. The van der Waals surface area contributed by atoms with Gasteiger partial charge in [0.25, 0.3) is 0 Å². The molecule has 0 saturated heterocycles. The van der Waals surface area contributed by atoms with Crippen LogP contribution >= 0.6 is 0 Å². The zero-order valence-electron chi connectivity index (χ0n) is 28.6. The lowest BCUT2D eigenvalue weighted by Crippen LogP contribution is -2.16. The molecule has 2 nitrogen and oxygen atoms in total. The molecule has 51 heavy (non-hydrogen) atoms. The van der Waals surface area contributed by atoms with Crippen molar-refractivity contribution in [3.63, 3.8) is 0 Å². The van der Waals surface area contributed by atoms with Crippen LogP contribution in [0, 0.1) is 0 Å². The van der Waals surface area contributed by atoms with Gasteiger partial charge in [-0.05, 0) is 86.8 Å². The Hall–Kier alpha value is -6.38. The Kier molecular flexibility index (Phi) is 6.56. The Balaban J connectivity index is 1.17. The predicted molar refractivity (Wildman–Crippen MR) is 214 cm³/mol. The summed E-state index contributed by atoms with van der Waals surface area (Å²) in [6.07, 6.45) is 0. The lowest BCUT2D eigenvalue weighted by Gasteiger charge is -2.29. The van der Waals surface area contributed by atoms with Crippen LogP contribution in [0.2, 0.25) is 0 Å². The Morgan fingerprint density at radius 2 is 1.10 bits per heavy atom. The second kappa shape index (κ2) is 11.3. The van der Waals surface area contributed by atoms with Gasteiger partial charge in [0, 0.05) is 38.5 Å². The average Bonchev–Trinajstić information content (AvgIpc) is 3.68. The van der Waals surface area contributed by atoms with E-state index in [0.717, 1.165) is 38.7 Å². The highest BCUT2D eigenvalue weighted by molar-refractivity contribution is 6.19. The number of hydrogen-bond acceptors (Lipinski definition) is 2. The Morgan fingerprint density at radius 3 is 1.94 bits per heavy atom. The van der Waals surface area contributed by atoms with Gasteiger partial charge in [-0.15, -0.1) is 0 Å². The van der Waals surface area contributed by atoms with Gasteiger partial charge in [0.15, 0.2) is 0 Å². The van der Waals surface area contributed by atoms with Crippen LogP contribution < -0.4 is 4.90 Å². The summed E-state index contributed by atoms with van der Waals surface area (Å²) < 4.78 is 6.42. The highest BCUT2D eigenvalue weighted by Gasteiger charge is 2.37. The standard InChI is InChI=1S/C49H35NO/c1-49(2)43-22-10-8-21-40(43)47-44(49)23-13-24-45(47)50(36-17-12-16-34(30-36)32-14-4-3-5-15-32)35-28-26-33(27-29-35)41-31-42-38-19-9-11-25-46(38)51-48(42)39-20-7-6-18-37(39)41/h3-31H,1-2H3. The maximum Gasteiger partial charge on any atom is 0.143 e. The lowest BCUT2D eigenvalue weighted by atomic mass is 9.82. The molecule has 0 bridgehead atoms. The van der Waals surface area contributed by atoms with Gasteiger partial charge in [-0.2, -0.15) is 0 Å². The fourth-order valence-electron chi connectivity index (χ4n) is 8.38. The SMILES string of the molecule is CC1(C)c2ccccc2-c2c(N(c3ccc(-c4cc5c6ccccc6oc5c5ccccc45)cc3)c3cccc(-c4ccccc4)c3)cccc21. The van der Waals surface area contributed by atoms with Crippen molar-refractivity contribution in [2.45, 2.75) is 19.3 Å². The van der Waals surface area contributed by atoms with Crippen molar-refractivity contribution in [2.75, 3.05) is 4.90 Å². The summed E-state index contributed by atoms with van der Waals surface area (Å²) in [5, 5.41) is 4.60. The Morgan fingerprint density at radius 1 is 0.431 bits per heavy atom. The van der Waals surface area contributed by atoms with Crippen molar-refractivity contribution >= 4 is 49.8 Å². The van der Waals surface area contributed by atoms with Gasteiger partial charge < -0.3 is 9.32 Å². The first-order chi connectivity index (χ1) is 25.1. The third-order valence-electron chi connectivity index (χ3n) is 10.9. The maximum atomic E-state index is 6.42. The van der Waals surface area contributed by atoms with Crippen LogP contribution in [0.1, 0.15) is 25.0 Å².